The van der Waals surface area contributed by atoms with Crippen LogP contribution in [0.2, 0.25) is 0 Å². The molecule has 0 saturated heterocycles. The van der Waals surface area contributed by atoms with E-state index in [2.05, 4.69) is 60.7 Å². The van der Waals surface area contributed by atoms with E-state index in [-0.39, 0.29) is 54.8 Å². The van der Waals surface area contributed by atoms with Crippen LogP contribution in [-0.2, 0) is 58.1 Å². The molecule has 0 aromatic heterocycles. The van der Waals surface area contributed by atoms with Crippen LogP contribution in [0.25, 0.3) is 0 Å². The van der Waals surface area contributed by atoms with Gasteiger partial charge in [0.25, 0.3) is 0 Å². The van der Waals surface area contributed by atoms with Crippen molar-refractivity contribution < 1.29 is 78.6 Å². The topological polar surface area (TPSA) is 161 Å². The van der Waals surface area contributed by atoms with Crippen molar-refractivity contribution in [1.82, 2.24) is 0 Å². The monoisotopic (exact) mass is 992 g/mol. The molecule has 4 aliphatic carbocycles. The van der Waals surface area contributed by atoms with E-state index in [9.17, 15) is 0 Å². The molecule has 2 aromatic rings. The van der Waals surface area contributed by atoms with Gasteiger partial charge in [-0.05, 0) is 155 Å². The number of aliphatic carboxylic acids is 4. The molecule has 8 nitrogen and oxygen atoms in total. The zero-order valence-corrected chi connectivity index (χ0v) is 39.4. The first kappa shape index (κ1) is 56.5. The fourth-order valence-corrected chi connectivity index (χ4v) is 17.0. The normalized spacial score (nSPS) is 17.2. The molecule has 0 amide bonds. The summed E-state index contributed by atoms with van der Waals surface area (Å²) in [6, 6.07) is 23.2. The Labute approximate surface area is 366 Å². The quantitative estimate of drug-likeness (QED) is 0.275. The van der Waals surface area contributed by atoms with Gasteiger partial charge in [0.15, 0.2) is 0 Å². The average Bonchev–Trinajstić information content (AvgIpc) is 3.14. The minimum absolute atomic E-state index is 0. The third-order valence-corrected chi connectivity index (χ3v) is 18.2. The summed E-state index contributed by atoms with van der Waals surface area (Å²) in [5, 5.41) is 39.0. The Morgan fingerprint density at radius 2 is 0.536 bits per heavy atom. The number of hydrogen-bond acceptors (Lipinski definition) is 8. The molecular weight excluding hydrogens is 924 g/mol. The number of carbonyl (C=O) groups is 4. The molecule has 0 heterocycles. The first-order valence-electron chi connectivity index (χ1n) is 20.4. The third-order valence-electron chi connectivity index (χ3n) is 10.4. The Hall–Kier alpha value is -1.57. The van der Waals surface area contributed by atoms with Gasteiger partial charge in [0.05, 0.1) is 33.2 Å². The van der Waals surface area contributed by atoms with E-state index in [1.807, 2.05) is 0 Å². The van der Waals surface area contributed by atoms with Gasteiger partial charge in [-0.3, -0.25) is 0 Å². The Bertz CT molecular complexity index is 1100. The maximum absolute atomic E-state index is 8.89. The molecule has 4 aliphatic rings. The van der Waals surface area contributed by atoms with Crippen LogP contribution in [0.15, 0.2) is 60.7 Å². The van der Waals surface area contributed by atoms with Crippen molar-refractivity contribution in [3.05, 3.63) is 60.7 Å². The molecule has 0 unspecified atom stereocenters. The van der Waals surface area contributed by atoms with Gasteiger partial charge in [-0.1, -0.05) is 62.1 Å². The molecule has 4 fully saturated rings. The molecule has 6 rings (SSSR count). The van der Waals surface area contributed by atoms with Crippen molar-refractivity contribution in [3.63, 3.8) is 0 Å². The Morgan fingerprint density at radius 1 is 0.375 bits per heavy atom. The van der Waals surface area contributed by atoms with Crippen molar-refractivity contribution >= 4 is 50.3 Å². The van der Waals surface area contributed by atoms with E-state index in [1.165, 1.54) is 128 Å². The molecule has 56 heavy (non-hydrogen) atoms. The van der Waals surface area contributed by atoms with Crippen molar-refractivity contribution in [3.8, 4) is 0 Å². The first-order valence-corrected chi connectivity index (χ1v) is 23.7. The number of carboxylic acids is 4. The zero-order chi connectivity index (χ0) is 40.1. The predicted molar refractivity (Wildman–Crippen MR) is 219 cm³/mol. The zero-order valence-electron chi connectivity index (χ0n) is 34.2. The second-order valence-electron chi connectivity index (χ2n) is 14.9. The standard InChI is InChI=1S/2C18H27P.4C2H4O2.2Rh/c2*1-4-10-16(11-5-1)19(17-12-6-2-7-13-17)18-14-8-3-9-15-18;4*1-2(3)4;;/h2*1,4-5,10-11,17-18H,2-3,6-9,12-15H2;4*1H3,(H,3,4);;/q;;;;;;2*+2/p-2. The molecule has 2 aromatic carbocycles. The van der Waals surface area contributed by atoms with Gasteiger partial charge in [0.2, 0.25) is 0 Å². The SMILES string of the molecule is CC(=O)[O-].CC(=O)[O-].CC(=O)[O-].CC(=O)[O-].[Rh+2].[Rh+2].c1ccc([PH+](C2CCCCC2)C2CCCCC2)cc1.c1ccc([PH+](C2CCCCC2)C2CCCCC2)cc1. The van der Waals surface area contributed by atoms with E-state index in [4.69, 9.17) is 39.6 Å². The van der Waals surface area contributed by atoms with Crippen molar-refractivity contribution in [2.75, 3.05) is 0 Å². The maximum atomic E-state index is 8.89. The Balaban J connectivity index is 0. The number of benzene rings is 2. The molecule has 4 saturated carbocycles. The van der Waals surface area contributed by atoms with Crippen LogP contribution in [0.3, 0.4) is 0 Å². The molecule has 0 spiro atoms. The van der Waals surface area contributed by atoms with Crippen LogP contribution >= 0.6 is 15.8 Å². The van der Waals surface area contributed by atoms with E-state index < -0.39 is 23.9 Å². The molecule has 0 atom stereocenters. The van der Waals surface area contributed by atoms with Crippen LogP contribution in [-0.4, -0.2) is 46.5 Å². The minimum atomic E-state index is -1.08. The molecule has 12 heteroatoms. The molecule has 2 radical (unpaired) electrons. The first-order chi connectivity index (χ1) is 25.8. The Morgan fingerprint density at radius 3 is 0.696 bits per heavy atom. The van der Waals surface area contributed by atoms with Gasteiger partial charge in [0, 0.05) is 39.7 Å². The maximum Gasteiger partial charge on any atom is 2.00 e. The predicted octanol–water partition coefficient (Wildman–Crippen LogP) is 5.40. The summed E-state index contributed by atoms with van der Waals surface area (Å²) in [6.45, 7) is 3.89. The van der Waals surface area contributed by atoms with Crippen LogP contribution in [0.1, 0.15) is 156 Å². The second kappa shape index (κ2) is 35.4. The van der Waals surface area contributed by atoms with Crippen LogP contribution in [0.4, 0.5) is 0 Å². The van der Waals surface area contributed by atoms with Crippen LogP contribution < -0.4 is 31.0 Å². The molecule has 0 aliphatic heterocycles. The van der Waals surface area contributed by atoms with E-state index >= 15 is 0 Å². The third kappa shape index (κ3) is 28.0. The van der Waals surface area contributed by atoms with Gasteiger partial charge in [-0.15, -0.1) is 0 Å². The second-order valence-corrected chi connectivity index (χ2v) is 21.2. The van der Waals surface area contributed by atoms with Gasteiger partial charge in [-0.25, -0.2) is 0 Å². The van der Waals surface area contributed by atoms with Crippen LogP contribution in [0, 0.1) is 0 Å². The summed E-state index contributed by atoms with van der Waals surface area (Å²) in [4.78, 5) is 35.6. The smallest absolute Gasteiger partial charge is 0.550 e. The minimum Gasteiger partial charge on any atom is -0.550 e. The van der Waals surface area contributed by atoms with Crippen molar-refractivity contribution in [2.24, 2.45) is 0 Å². The largest absolute Gasteiger partial charge is 2.00 e. The van der Waals surface area contributed by atoms with E-state index in [0.29, 0.717) is 0 Å². The summed E-state index contributed by atoms with van der Waals surface area (Å²) in [7, 11) is -0.647. The van der Waals surface area contributed by atoms with Gasteiger partial charge in [0.1, 0.15) is 0 Å². The fraction of sp³-hybridized carbons (Fsp3) is 0.636. The van der Waals surface area contributed by atoms with Gasteiger partial charge >= 0.3 is 39.0 Å². The van der Waals surface area contributed by atoms with Crippen molar-refractivity contribution in [2.45, 2.75) is 179 Å². The summed E-state index contributed by atoms with van der Waals surface area (Å²) >= 11 is 0. The van der Waals surface area contributed by atoms with Gasteiger partial charge < -0.3 is 39.6 Å². The summed E-state index contributed by atoms with van der Waals surface area (Å²) in [5.41, 5.74) is 4.29. The Kier molecular flexibility index (Phi) is 35.7. The van der Waals surface area contributed by atoms with E-state index in [0.717, 1.165) is 50.3 Å². The summed E-state index contributed by atoms with van der Waals surface area (Å²) in [6.07, 6.45) is 30.2. The number of carboxylic acid groups (broad SMARTS) is 4. The fourth-order valence-electron chi connectivity index (χ4n) is 8.53. The molecule has 0 N–H and O–H groups in total. The molecular formula is C44H68O8P2Rh2+2. The van der Waals surface area contributed by atoms with Crippen LogP contribution in [0.5, 0.6) is 0 Å². The molecule has 0 bridgehead atoms. The summed E-state index contributed by atoms with van der Waals surface area (Å²) in [5.74, 6) is -4.33. The number of rotatable bonds is 6. The van der Waals surface area contributed by atoms with Gasteiger partial charge in [-0.2, -0.15) is 0 Å². The summed E-state index contributed by atoms with van der Waals surface area (Å²) < 4.78 is 0. The molecule has 318 valence electrons. The number of hydrogen-bond donors (Lipinski definition) is 0. The number of carbonyl (C=O) groups excluding carboxylic acids is 4. The van der Waals surface area contributed by atoms with E-state index in [1.54, 1.807) is 10.6 Å². The van der Waals surface area contributed by atoms with Crippen molar-refractivity contribution in [1.29, 1.82) is 0 Å². The average molecular weight is 993 g/mol.